The zero-order chi connectivity index (χ0) is 11.0. The predicted octanol–water partition coefficient (Wildman–Crippen LogP) is 3.43. The average Bonchev–Trinajstić information content (AvgIpc) is 2.38. The van der Waals surface area contributed by atoms with E-state index in [1.165, 1.54) is 0 Å². The van der Waals surface area contributed by atoms with Gasteiger partial charge in [0.15, 0.2) is 0 Å². The number of fused-ring (bicyclic) bond motifs is 3. The molecule has 0 N–H and O–H groups in total. The smallest absolute Gasteiger partial charge is 0.0803 e. The van der Waals surface area contributed by atoms with Crippen LogP contribution in [0, 0.1) is 0 Å². The molecule has 0 aliphatic rings. The first kappa shape index (κ1) is 9.04. The number of pyridine rings is 2. The summed E-state index contributed by atoms with van der Waals surface area (Å²) in [7, 11) is 0. The molecule has 0 fully saturated rings. The summed E-state index contributed by atoms with van der Waals surface area (Å²) >= 11 is 0. The van der Waals surface area contributed by atoms with Crippen molar-refractivity contribution in [1.29, 1.82) is 0 Å². The van der Waals surface area contributed by atoms with Crippen LogP contribution in [0.3, 0.4) is 0 Å². The van der Waals surface area contributed by atoms with Gasteiger partial charge in [0, 0.05) is 17.0 Å². The second-order valence-corrected chi connectivity index (χ2v) is 3.65. The second kappa shape index (κ2) is 3.42. The van der Waals surface area contributed by atoms with Crippen molar-refractivity contribution in [3.8, 4) is 0 Å². The maximum atomic E-state index is 4.56. The molecule has 0 atom stereocenters. The molecule has 0 radical (unpaired) electrons. The van der Waals surface area contributed by atoms with Crippen LogP contribution in [0.2, 0.25) is 0 Å². The Morgan fingerprint density at radius 1 is 1.06 bits per heavy atom. The van der Waals surface area contributed by atoms with E-state index in [1.54, 1.807) is 12.3 Å². The van der Waals surface area contributed by atoms with E-state index in [4.69, 9.17) is 0 Å². The largest absolute Gasteiger partial charge is 0.256 e. The van der Waals surface area contributed by atoms with Crippen molar-refractivity contribution in [2.24, 2.45) is 0 Å². The maximum absolute atomic E-state index is 4.56. The lowest BCUT2D eigenvalue weighted by atomic mass is 10.1. The molecule has 2 aromatic heterocycles. The van der Waals surface area contributed by atoms with E-state index in [-0.39, 0.29) is 0 Å². The zero-order valence-electron chi connectivity index (χ0n) is 8.72. The van der Waals surface area contributed by atoms with Crippen LogP contribution in [-0.2, 0) is 0 Å². The second-order valence-electron chi connectivity index (χ2n) is 3.65. The highest BCUT2D eigenvalue weighted by molar-refractivity contribution is 6.03. The summed E-state index contributed by atoms with van der Waals surface area (Å²) < 4.78 is 0. The quantitative estimate of drug-likeness (QED) is 0.570. The highest BCUT2D eigenvalue weighted by Gasteiger charge is 2.02. The molecule has 0 saturated carbocycles. The molecule has 0 aliphatic carbocycles. The van der Waals surface area contributed by atoms with Crippen molar-refractivity contribution < 1.29 is 0 Å². The summed E-state index contributed by atoms with van der Waals surface area (Å²) in [4.78, 5) is 8.88. The molecule has 2 heterocycles. The van der Waals surface area contributed by atoms with Gasteiger partial charge in [-0.2, -0.15) is 0 Å². The minimum absolute atomic E-state index is 0.892. The third-order valence-corrected chi connectivity index (χ3v) is 2.67. The van der Waals surface area contributed by atoms with Crippen molar-refractivity contribution in [2.45, 2.75) is 0 Å². The first-order valence-electron chi connectivity index (χ1n) is 5.15. The summed E-state index contributed by atoms with van der Waals surface area (Å²) in [6, 6.07) is 12.1. The van der Waals surface area contributed by atoms with Crippen LogP contribution in [0.4, 0.5) is 0 Å². The van der Waals surface area contributed by atoms with Crippen LogP contribution in [-0.4, -0.2) is 9.97 Å². The Balaban J connectivity index is 2.52. The summed E-state index contributed by atoms with van der Waals surface area (Å²) in [5.41, 5.74) is 2.86. The van der Waals surface area contributed by atoms with Gasteiger partial charge in [-0.3, -0.25) is 4.98 Å². The summed E-state index contributed by atoms with van der Waals surface area (Å²) in [5.74, 6) is 0. The van der Waals surface area contributed by atoms with E-state index in [1.807, 2.05) is 30.3 Å². The molecule has 2 nitrogen and oxygen atoms in total. The fourth-order valence-corrected chi connectivity index (χ4v) is 1.87. The van der Waals surface area contributed by atoms with Gasteiger partial charge in [-0.05, 0) is 30.3 Å². The van der Waals surface area contributed by atoms with E-state index in [9.17, 15) is 0 Å². The fourth-order valence-electron chi connectivity index (χ4n) is 1.87. The number of aromatic nitrogens is 2. The third-order valence-electron chi connectivity index (χ3n) is 2.67. The van der Waals surface area contributed by atoms with Gasteiger partial charge in [0.25, 0.3) is 0 Å². The Bertz CT molecular complexity index is 686. The van der Waals surface area contributed by atoms with Crippen LogP contribution in [0.15, 0.2) is 49.2 Å². The summed E-state index contributed by atoms with van der Waals surface area (Å²) in [6.07, 6.45) is 3.56. The normalized spacial score (nSPS) is 10.8. The van der Waals surface area contributed by atoms with E-state index in [0.29, 0.717) is 0 Å². The minimum Gasteiger partial charge on any atom is -0.256 e. The molecule has 0 amide bonds. The first-order valence-corrected chi connectivity index (χ1v) is 5.15. The Morgan fingerprint density at radius 2 is 1.94 bits per heavy atom. The molecule has 16 heavy (non-hydrogen) atoms. The number of rotatable bonds is 1. The summed E-state index contributed by atoms with van der Waals surface area (Å²) in [6.45, 7) is 3.74. The van der Waals surface area contributed by atoms with Crippen LogP contribution < -0.4 is 0 Å². The number of benzene rings is 1. The lowest BCUT2D eigenvalue weighted by Crippen LogP contribution is -1.86. The molecule has 0 bridgehead atoms. The van der Waals surface area contributed by atoms with E-state index < -0.39 is 0 Å². The van der Waals surface area contributed by atoms with Gasteiger partial charge < -0.3 is 0 Å². The van der Waals surface area contributed by atoms with Gasteiger partial charge in [-0.25, -0.2) is 4.98 Å². The van der Waals surface area contributed by atoms with Gasteiger partial charge >= 0.3 is 0 Å². The molecule has 1 aromatic carbocycles. The van der Waals surface area contributed by atoms with Gasteiger partial charge in [-0.1, -0.05) is 18.7 Å². The lowest BCUT2D eigenvalue weighted by molar-refractivity contribution is 1.37. The minimum atomic E-state index is 0.892. The maximum Gasteiger partial charge on any atom is 0.0803 e. The van der Waals surface area contributed by atoms with Gasteiger partial charge in [-0.15, -0.1) is 0 Å². The number of hydrogen-bond donors (Lipinski definition) is 0. The first-order chi connectivity index (χ1) is 7.88. The average molecular weight is 206 g/mol. The van der Waals surface area contributed by atoms with Crippen LogP contribution >= 0.6 is 0 Å². The number of nitrogens with zero attached hydrogens (tertiary/aromatic N) is 2. The molecule has 3 aromatic rings. The highest BCUT2D eigenvalue weighted by atomic mass is 14.7. The van der Waals surface area contributed by atoms with E-state index >= 15 is 0 Å². The SMILES string of the molecule is C=Cc1ccc2ccc3ncccc3c2n1. The number of hydrogen-bond acceptors (Lipinski definition) is 2. The van der Waals surface area contributed by atoms with Gasteiger partial charge in [0.2, 0.25) is 0 Å². The Hall–Kier alpha value is -2.22. The molecule has 0 spiro atoms. The van der Waals surface area contributed by atoms with Crippen LogP contribution in [0.25, 0.3) is 27.9 Å². The molecule has 0 aliphatic heterocycles. The van der Waals surface area contributed by atoms with E-state index in [0.717, 1.165) is 27.5 Å². The van der Waals surface area contributed by atoms with Gasteiger partial charge in [0.1, 0.15) is 0 Å². The Morgan fingerprint density at radius 3 is 2.81 bits per heavy atom. The molecular formula is C14H10N2. The van der Waals surface area contributed by atoms with Crippen LogP contribution in [0.5, 0.6) is 0 Å². The van der Waals surface area contributed by atoms with Crippen molar-refractivity contribution in [3.05, 3.63) is 54.9 Å². The highest BCUT2D eigenvalue weighted by Crippen LogP contribution is 2.22. The molecule has 2 heteroatoms. The van der Waals surface area contributed by atoms with Gasteiger partial charge in [0.05, 0.1) is 16.7 Å². The monoisotopic (exact) mass is 206 g/mol. The molecule has 3 rings (SSSR count). The standard InChI is InChI=1S/C14H10N2/c1-2-11-7-5-10-6-8-13-12(14(10)16-11)4-3-9-15-13/h2-9H,1H2. The molecule has 0 unspecified atom stereocenters. The van der Waals surface area contributed by atoms with Crippen molar-refractivity contribution in [1.82, 2.24) is 9.97 Å². The molecule has 76 valence electrons. The van der Waals surface area contributed by atoms with Crippen molar-refractivity contribution in [3.63, 3.8) is 0 Å². The zero-order valence-corrected chi connectivity index (χ0v) is 8.72. The molecular weight excluding hydrogens is 196 g/mol. The lowest BCUT2D eigenvalue weighted by Gasteiger charge is -2.02. The van der Waals surface area contributed by atoms with Crippen molar-refractivity contribution >= 4 is 27.9 Å². The Labute approximate surface area is 93.3 Å². The fraction of sp³-hybridized carbons (Fsp3) is 0. The predicted molar refractivity (Wildman–Crippen MR) is 67.1 cm³/mol. The Kier molecular flexibility index (Phi) is 1.93. The third kappa shape index (κ3) is 1.27. The van der Waals surface area contributed by atoms with Crippen molar-refractivity contribution in [2.75, 3.05) is 0 Å². The topological polar surface area (TPSA) is 25.8 Å². The summed E-state index contributed by atoms with van der Waals surface area (Å²) in [5, 5.41) is 2.22. The van der Waals surface area contributed by atoms with E-state index in [2.05, 4.69) is 22.6 Å². The van der Waals surface area contributed by atoms with Crippen LogP contribution in [0.1, 0.15) is 5.69 Å². The molecule has 0 saturated heterocycles.